The number of rotatable bonds is 5. The van der Waals surface area contributed by atoms with Gasteiger partial charge in [-0.2, -0.15) is 0 Å². The molecule has 1 aliphatic rings. The van der Waals surface area contributed by atoms with E-state index in [4.69, 9.17) is 4.74 Å². The average Bonchev–Trinajstić information content (AvgIpc) is 2.87. The first-order valence-corrected chi connectivity index (χ1v) is 8.38. The number of carbonyl (C=O) groups is 1. The summed E-state index contributed by atoms with van der Waals surface area (Å²) in [6.07, 6.45) is 0. The number of ether oxygens (including phenoxy) is 1. The van der Waals surface area contributed by atoms with Gasteiger partial charge in [-0.15, -0.1) is 11.3 Å². The standard InChI is InChI=1S/C15H25N3O2S/c1-10(2)15-17-12(4)13(21-15)14(19)16-9-11(3)18-5-7-20-8-6-18/h10-11H,5-9H2,1-4H3,(H,16,19). The molecule has 1 aromatic rings. The number of morpholine rings is 1. The van der Waals surface area contributed by atoms with E-state index in [1.807, 2.05) is 6.92 Å². The topological polar surface area (TPSA) is 54.5 Å². The van der Waals surface area contributed by atoms with Gasteiger partial charge >= 0.3 is 0 Å². The summed E-state index contributed by atoms with van der Waals surface area (Å²) in [4.78, 5) is 19.9. The minimum Gasteiger partial charge on any atom is -0.379 e. The first kappa shape index (κ1) is 16.4. The van der Waals surface area contributed by atoms with Crippen LogP contribution in [0, 0.1) is 6.92 Å². The number of hydrogen-bond donors (Lipinski definition) is 1. The summed E-state index contributed by atoms with van der Waals surface area (Å²) in [6.45, 7) is 12.3. The highest BCUT2D eigenvalue weighted by Gasteiger charge is 2.20. The molecule has 1 unspecified atom stereocenters. The minimum atomic E-state index is -0.00277. The molecule has 21 heavy (non-hydrogen) atoms. The lowest BCUT2D eigenvalue weighted by Crippen LogP contribution is -2.47. The van der Waals surface area contributed by atoms with Gasteiger partial charge in [0.1, 0.15) is 4.88 Å². The highest BCUT2D eigenvalue weighted by atomic mass is 32.1. The van der Waals surface area contributed by atoms with Gasteiger partial charge in [0.05, 0.1) is 23.9 Å². The monoisotopic (exact) mass is 311 g/mol. The van der Waals surface area contributed by atoms with Gasteiger partial charge in [-0.25, -0.2) is 4.98 Å². The van der Waals surface area contributed by atoms with Crippen LogP contribution >= 0.6 is 11.3 Å². The quantitative estimate of drug-likeness (QED) is 0.904. The van der Waals surface area contributed by atoms with Crippen LogP contribution < -0.4 is 5.32 Å². The zero-order chi connectivity index (χ0) is 15.4. The van der Waals surface area contributed by atoms with Gasteiger partial charge in [0, 0.05) is 31.6 Å². The van der Waals surface area contributed by atoms with Gasteiger partial charge in [-0.05, 0) is 13.8 Å². The third-order valence-corrected chi connectivity index (χ3v) is 5.20. The zero-order valence-corrected chi connectivity index (χ0v) is 14.1. The third kappa shape index (κ3) is 4.25. The Kier molecular flexibility index (Phi) is 5.72. The van der Waals surface area contributed by atoms with Crippen LogP contribution in [-0.2, 0) is 4.74 Å². The third-order valence-electron chi connectivity index (χ3n) is 3.74. The molecule has 118 valence electrons. The molecule has 1 fully saturated rings. The molecular weight excluding hydrogens is 286 g/mol. The number of carbonyl (C=O) groups excluding carboxylic acids is 1. The number of aryl methyl sites for hydroxylation is 1. The molecule has 1 amide bonds. The van der Waals surface area contributed by atoms with Crippen molar-refractivity contribution >= 4 is 17.2 Å². The van der Waals surface area contributed by atoms with E-state index in [2.05, 4.69) is 36.0 Å². The second kappa shape index (κ2) is 7.33. The van der Waals surface area contributed by atoms with Crippen molar-refractivity contribution in [2.75, 3.05) is 32.8 Å². The average molecular weight is 311 g/mol. The van der Waals surface area contributed by atoms with Gasteiger partial charge in [-0.1, -0.05) is 13.8 Å². The molecule has 1 aliphatic heterocycles. The van der Waals surface area contributed by atoms with Crippen LogP contribution in [0.15, 0.2) is 0 Å². The van der Waals surface area contributed by atoms with E-state index in [0.29, 0.717) is 18.5 Å². The Hall–Kier alpha value is -0.980. The summed E-state index contributed by atoms with van der Waals surface area (Å²) >= 11 is 1.51. The van der Waals surface area contributed by atoms with E-state index in [1.165, 1.54) is 11.3 Å². The molecule has 2 heterocycles. The van der Waals surface area contributed by atoms with Crippen molar-refractivity contribution < 1.29 is 9.53 Å². The van der Waals surface area contributed by atoms with Crippen LogP contribution in [0.1, 0.15) is 47.1 Å². The van der Waals surface area contributed by atoms with Crippen LogP contribution in [0.5, 0.6) is 0 Å². The van der Waals surface area contributed by atoms with Crippen molar-refractivity contribution in [3.05, 3.63) is 15.6 Å². The number of nitrogens with zero attached hydrogens (tertiary/aromatic N) is 2. The fraction of sp³-hybridized carbons (Fsp3) is 0.733. The Labute approximate surface area is 130 Å². The fourth-order valence-corrected chi connectivity index (χ4v) is 3.33. The lowest BCUT2D eigenvalue weighted by molar-refractivity contribution is 0.0204. The first-order chi connectivity index (χ1) is 9.99. The molecule has 5 nitrogen and oxygen atoms in total. The number of thiazole rings is 1. The highest BCUT2D eigenvalue weighted by Crippen LogP contribution is 2.24. The zero-order valence-electron chi connectivity index (χ0n) is 13.3. The Morgan fingerprint density at radius 2 is 2.05 bits per heavy atom. The van der Waals surface area contributed by atoms with Gasteiger partial charge in [-0.3, -0.25) is 9.69 Å². The smallest absolute Gasteiger partial charge is 0.263 e. The van der Waals surface area contributed by atoms with E-state index in [-0.39, 0.29) is 5.91 Å². The second-order valence-electron chi connectivity index (χ2n) is 5.83. The van der Waals surface area contributed by atoms with Gasteiger partial charge in [0.15, 0.2) is 0 Å². The number of nitrogens with one attached hydrogen (secondary N) is 1. The summed E-state index contributed by atoms with van der Waals surface area (Å²) in [6, 6.07) is 0.329. The molecule has 0 radical (unpaired) electrons. The fourth-order valence-electron chi connectivity index (χ4n) is 2.34. The molecule has 0 spiro atoms. The molecule has 0 bridgehead atoms. The van der Waals surface area contributed by atoms with E-state index >= 15 is 0 Å². The maximum absolute atomic E-state index is 12.3. The Morgan fingerprint density at radius 3 is 2.62 bits per heavy atom. The van der Waals surface area contributed by atoms with Crippen molar-refractivity contribution in [3.8, 4) is 0 Å². The summed E-state index contributed by atoms with van der Waals surface area (Å²) in [7, 11) is 0. The maximum atomic E-state index is 12.3. The van der Waals surface area contributed by atoms with Crippen LogP contribution in [-0.4, -0.2) is 54.7 Å². The number of amides is 1. The van der Waals surface area contributed by atoms with E-state index < -0.39 is 0 Å². The van der Waals surface area contributed by atoms with Gasteiger partial charge in [0.2, 0.25) is 0 Å². The van der Waals surface area contributed by atoms with Crippen molar-refractivity contribution in [1.29, 1.82) is 0 Å². The molecule has 0 aromatic carbocycles. The first-order valence-electron chi connectivity index (χ1n) is 7.56. The normalized spacial score (nSPS) is 18.0. The van der Waals surface area contributed by atoms with E-state index in [1.54, 1.807) is 0 Å². The van der Waals surface area contributed by atoms with Gasteiger partial charge in [0.25, 0.3) is 5.91 Å². The van der Waals surface area contributed by atoms with Gasteiger partial charge < -0.3 is 10.1 Å². The Morgan fingerprint density at radius 1 is 1.38 bits per heavy atom. The number of hydrogen-bond acceptors (Lipinski definition) is 5. The Bertz CT molecular complexity index is 481. The predicted molar refractivity (Wildman–Crippen MR) is 85.1 cm³/mol. The second-order valence-corrected chi connectivity index (χ2v) is 6.86. The summed E-state index contributed by atoms with van der Waals surface area (Å²) < 4.78 is 5.35. The molecule has 2 rings (SSSR count). The van der Waals surface area contributed by atoms with Crippen LogP contribution in [0.2, 0.25) is 0 Å². The molecule has 1 N–H and O–H groups in total. The predicted octanol–water partition coefficient (Wildman–Crippen LogP) is 2.03. The molecule has 1 saturated heterocycles. The maximum Gasteiger partial charge on any atom is 0.263 e. The molecule has 1 aromatic heterocycles. The molecule has 1 atom stereocenters. The SMILES string of the molecule is Cc1nc(C(C)C)sc1C(=O)NCC(C)N1CCOCC1. The van der Waals surface area contributed by atoms with Crippen molar-refractivity contribution in [2.24, 2.45) is 0 Å². The summed E-state index contributed by atoms with van der Waals surface area (Å²) in [5, 5.41) is 4.06. The molecule has 0 aliphatic carbocycles. The summed E-state index contributed by atoms with van der Waals surface area (Å²) in [5.74, 6) is 0.361. The molecule has 0 saturated carbocycles. The lowest BCUT2D eigenvalue weighted by Gasteiger charge is -2.32. The van der Waals surface area contributed by atoms with Crippen LogP contribution in [0.3, 0.4) is 0 Å². The Balaban J connectivity index is 1.89. The largest absolute Gasteiger partial charge is 0.379 e. The van der Waals surface area contributed by atoms with E-state index in [0.717, 1.165) is 41.9 Å². The van der Waals surface area contributed by atoms with Crippen LogP contribution in [0.25, 0.3) is 0 Å². The molecule has 6 heteroatoms. The molecular formula is C15H25N3O2S. The number of aromatic nitrogens is 1. The van der Waals surface area contributed by atoms with E-state index in [9.17, 15) is 4.79 Å². The summed E-state index contributed by atoms with van der Waals surface area (Å²) in [5.41, 5.74) is 0.834. The van der Waals surface area contributed by atoms with Crippen LogP contribution in [0.4, 0.5) is 0 Å². The van der Waals surface area contributed by atoms with Crippen molar-refractivity contribution in [2.45, 2.75) is 39.7 Å². The highest BCUT2D eigenvalue weighted by molar-refractivity contribution is 7.13. The minimum absolute atomic E-state index is 0.00277. The van der Waals surface area contributed by atoms with Crippen molar-refractivity contribution in [1.82, 2.24) is 15.2 Å². The lowest BCUT2D eigenvalue weighted by atomic mass is 10.2. The van der Waals surface area contributed by atoms with Crippen molar-refractivity contribution in [3.63, 3.8) is 0 Å².